The summed E-state index contributed by atoms with van der Waals surface area (Å²) in [6.07, 6.45) is 0. The number of halogens is 1. The number of alkyl halides is 1. The third-order valence-corrected chi connectivity index (χ3v) is 5.09. The van der Waals surface area contributed by atoms with Crippen LogP contribution in [0.1, 0.15) is 31.3 Å². The summed E-state index contributed by atoms with van der Waals surface area (Å²) in [6, 6.07) is 4.35. The van der Waals surface area contributed by atoms with Crippen molar-refractivity contribution in [3.8, 4) is 9.88 Å². The lowest BCUT2D eigenvalue weighted by molar-refractivity contribution is 0.604. The van der Waals surface area contributed by atoms with Crippen LogP contribution in [0.4, 0.5) is 0 Å². The summed E-state index contributed by atoms with van der Waals surface area (Å²) in [5, 5.41) is 3.11. The van der Waals surface area contributed by atoms with Crippen LogP contribution in [-0.4, -0.2) is 4.98 Å². The van der Waals surface area contributed by atoms with Crippen LogP contribution in [-0.2, 0) is 11.3 Å². The number of nitrogens with zero attached hydrogens (tertiary/aromatic N) is 1. The Morgan fingerprint density at radius 3 is 2.56 bits per heavy atom. The summed E-state index contributed by atoms with van der Waals surface area (Å²) in [5.74, 6) is 0.494. The molecule has 16 heavy (non-hydrogen) atoms. The second kappa shape index (κ2) is 4.47. The van der Waals surface area contributed by atoms with Gasteiger partial charge in [-0.1, -0.05) is 20.8 Å². The average Bonchev–Trinajstić information content (AvgIpc) is 2.85. The fraction of sp³-hybridized carbons (Fsp3) is 0.417. The molecule has 2 aromatic heterocycles. The van der Waals surface area contributed by atoms with Crippen LogP contribution < -0.4 is 0 Å². The van der Waals surface area contributed by atoms with Crippen LogP contribution in [0.15, 0.2) is 17.5 Å². The molecule has 2 heterocycles. The van der Waals surface area contributed by atoms with Gasteiger partial charge in [0.05, 0.1) is 16.5 Å². The lowest BCUT2D eigenvalue weighted by Gasteiger charge is -2.15. The Balaban J connectivity index is 2.31. The molecule has 0 aliphatic carbocycles. The standard InChI is InChI=1S/C12H14ClNS2/c1-12(2,3)10-5-4-9(16-10)11-14-8(6-13)7-15-11/h4-5,7H,6H2,1-3H3. The first-order chi connectivity index (χ1) is 7.50. The van der Waals surface area contributed by atoms with Crippen LogP contribution in [0.5, 0.6) is 0 Å². The lowest BCUT2D eigenvalue weighted by atomic mass is 9.95. The van der Waals surface area contributed by atoms with E-state index in [1.807, 2.05) is 16.7 Å². The maximum atomic E-state index is 5.75. The maximum Gasteiger partial charge on any atom is 0.133 e. The summed E-state index contributed by atoms with van der Waals surface area (Å²) in [5.41, 5.74) is 1.18. The van der Waals surface area contributed by atoms with E-state index in [0.29, 0.717) is 5.88 Å². The Morgan fingerprint density at radius 1 is 1.31 bits per heavy atom. The van der Waals surface area contributed by atoms with Gasteiger partial charge in [-0.3, -0.25) is 0 Å². The molecular formula is C12H14ClNS2. The Hall–Kier alpha value is -0.380. The van der Waals surface area contributed by atoms with E-state index in [0.717, 1.165) is 10.7 Å². The molecule has 0 bridgehead atoms. The van der Waals surface area contributed by atoms with Gasteiger partial charge in [0, 0.05) is 10.3 Å². The normalized spacial score (nSPS) is 12.0. The first-order valence-corrected chi connectivity index (χ1v) is 7.35. The van der Waals surface area contributed by atoms with Gasteiger partial charge in [0.1, 0.15) is 5.01 Å². The molecule has 0 atom stereocenters. The molecule has 4 heteroatoms. The van der Waals surface area contributed by atoms with Crippen LogP contribution in [0.25, 0.3) is 9.88 Å². The molecule has 0 amide bonds. The third-order valence-electron chi connectivity index (χ3n) is 2.24. The van der Waals surface area contributed by atoms with Crippen molar-refractivity contribution in [2.75, 3.05) is 0 Å². The van der Waals surface area contributed by atoms with E-state index in [-0.39, 0.29) is 5.41 Å². The third kappa shape index (κ3) is 2.47. The van der Waals surface area contributed by atoms with Crippen LogP contribution in [0.2, 0.25) is 0 Å². The highest BCUT2D eigenvalue weighted by Gasteiger charge is 2.17. The van der Waals surface area contributed by atoms with Crippen molar-refractivity contribution in [2.45, 2.75) is 32.1 Å². The topological polar surface area (TPSA) is 12.9 Å². The van der Waals surface area contributed by atoms with Gasteiger partial charge < -0.3 is 0 Å². The molecule has 0 saturated carbocycles. The van der Waals surface area contributed by atoms with Gasteiger partial charge in [-0.15, -0.1) is 34.3 Å². The average molecular weight is 272 g/mol. The molecule has 86 valence electrons. The number of thiophene rings is 1. The van der Waals surface area contributed by atoms with Gasteiger partial charge >= 0.3 is 0 Å². The Morgan fingerprint density at radius 2 is 2.06 bits per heavy atom. The SMILES string of the molecule is CC(C)(C)c1ccc(-c2nc(CCl)cs2)s1. The van der Waals surface area contributed by atoms with E-state index in [2.05, 4.69) is 37.9 Å². The molecule has 0 saturated heterocycles. The molecule has 0 spiro atoms. The molecule has 0 aliphatic rings. The lowest BCUT2D eigenvalue weighted by Crippen LogP contribution is -2.07. The van der Waals surface area contributed by atoms with Crippen molar-refractivity contribution in [3.63, 3.8) is 0 Å². The second-order valence-electron chi connectivity index (χ2n) is 4.69. The minimum atomic E-state index is 0.218. The van der Waals surface area contributed by atoms with Crippen molar-refractivity contribution < 1.29 is 0 Å². The fourth-order valence-corrected chi connectivity index (χ4v) is 3.52. The van der Waals surface area contributed by atoms with Crippen molar-refractivity contribution in [1.29, 1.82) is 0 Å². The zero-order valence-electron chi connectivity index (χ0n) is 9.58. The minimum absolute atomic E-state index is 0.218. The van der Waals surface area contributed by atoms with E-state index in [1.165, 1.54) is 9.75 Å². The van der Waals surface area contributed by atoms with Gasteiger partial charge in [-0.25, -0.2) is 4.98 Å². The predicted molar refractivity (Wildman–Crippen MR) is 73.7 cm³/mol. The summed E-state index contributed by atoms with van der Waals surface area (Å²) < 4.78 is 0. The molecule has 2 aromatic rings. The first-order valence-electron chi connectivity index (χ1n) is 5.12. The first kappa shape index (κ1) is 12.1. The van der Waals surface area contributed by atoms with Crippen molar-refractivity contribution in [3.05, 3.63) is 28.1 Å². The number of hydrogen-bond acceptors (Lipinski definition) is 3. The number of rotatable bonds is 2. The molecule has 0 fully saturated rings. The number of hydrogen-bond donors (Lipinski definition) is 0. The number of thiazole rings is 1. The molecule has 0 aromatic carbocycles. The van der Waals surface area contributed by atoms with Gasteiger partial charge in [0.15, 0.2) is 0 Å². The van der Waals surface area contributed by atoms with Crippen LogP contribution in [0, 0.1) is 0 Å². The summed E-state index contributed by atoms with van der Waals surface area (Å²) in [7, 11) is 0. The zero-order valence-corrected chi connectivity index (χ0v) is 12.0. The molecule has 0 radical (unpaired) electrons. The van der Waals surface area contributed by atoms with Gasteiger partial charge in [-0.05, 0) is 17.5 Å². The summed E-state index contributed by atoms with van der Waals surface area (Å²) in [4.78, 5) is 7.13. The minimum Gasteiger partial charge on any atom is -0.239 e. The Kier molecular flexibility index (Phi) is 3.38. The van der Waals surface area contributed by atoms with Crippen LogP contribution >= 0.6 is 34.3 Å². The van der Waals surface area contributed by atoms with Crippen molar-refractivity contribution in [2.24, 2.45) is 0 Å². The molecule has 1 nitrogen and oxygen atoms in total. The van der Waals surface area contributed by atoms with E-state index < -0.39 is 0 Å². The van der Waals surface area contributed by atoms with E-state index >= 15 is 0 Å². The molecule has 0 aliphatic heterocycles. The molecule has 0 N–H and O–H groups in total. The zero-order chi connectivity index (χ0) is 11.8. The highest BCUT2D eigenvalue weighted by Crippen LogP contribution is 2.36. The largest absolute Gasteiger partial charge is 0.239 e. The fourth-order valence-electron chi connectivity index (χ4n) is 1.34. The quantitative estimate of drug-likeness (QED) is 0.708. The van der Waals surface area contributed by atoms with Gasteiger partial charge in [-0.2, -0.15) is 0 Å². The highest BCUT2D eigenvalue weighted by atomic mass is 35.5. The van der Waals surface area contributed by atoms with E-state index in [1.54, 1.807) is 11.3 Å². The summed E-state index contributed by atoms with van der Waals surface area (Å²) in [6.45, 7) is 6.69. The molecule has 2 rings (SSSR count). The van der Waals surface area contributed by atoms with Crippen molar-refractivity contribution in [1.82, 2.24) is 4.98 Å². The number of aromatic nitrogens is 1. The smallest absolute Gasteiger partial charge is 0.133 e. The predicted octanol–water partition coefficient (Wildman–Crippen LogP) is 4.91. The van der Waals surface area contributed by atoms with Gasteiger partial charge in [0.25, 0.3) is 0 Å². The van der Waals surface area contributed by atoms with Gasteiger partial charge in [0.2, 0.25) is 0 Å². The monoisotopic (exact) mass is 271 g/mol. The Labute approximate surface area is 109 Å². The second-order valence-corrected chi connectivity index (χ2v) is 6.90. The Bertz CT molecular complexity index is 479. The van der Waals surface area contributed by atoms with E-state index in [9.17, 15) is 0 Å². The molecular weight excluding hydrogens is 258 g/mol. The van der Waals surface area contributed by atoms with Crippen LogP contribution in [0.3, 0.4) is 0 Å². The van der Waals surface area contributed by atoms with E-state index in [4.69, 9.17) is 11.6 Å². The highest BCUT2D eigenvalue weighted by molar-refractivity contribution is 7.21. The maximum absolute atomic E-state index is 5.75. The molecule has 0 unspecified atom stereocenters. The summed E-state index contributed by atoms with van der Waals surface area (Å²) >= 11 is 9.24. The van der Waals surface area contributed by atoms with Crippen molar-refractivity contribution >= 4 is 34.3 Å².